The van der Waals surface area contributed by atoms with E-state index in [-0.39, 0.29) is 5.75 Å². The quantitative estimate of drug-likeness (QED) is 0.0661. The first-order chi connectivity index (χ1) is 18.6. The molecule has 19 nitrogen and oxygen atoms in total. The van der Waals surface area contributed by atoms with Crippen LogP contribution >= 0.6 is 20.4 Å². The molecule has 21 heteroatoms. The number of H-pyrrole nitrogens is 1. The van der Waals surface area contributed by atoms with Crippen LogP contribution in [-0.4, -0.2) is 108 Å². The highest BCUT2D eigenvalue weighted by Gasteiger charge is 2.45. The molecular formula is C19H28N5O14PS. The van der Waals surface area contributed by atoms with Crippen LogP contribution in [0.5, 0.6) is 0 Å². The van der Waals surface area contributed by atoms with Gasteiger partial charge in [-0.2, -0.15) is 12.6 Å². The average molecular weight is 613 g/mol. The zero-order chi connectivity index (χ0) is 30.2. The van der Waals surface area contributed by atoms with Crippen molar-refractivity contribution in [3.8, 4) is 0 Å². The summed E-state index contributed by atoms with van der Waals surface area (Å²) in [7, 11) is -4.96. The number of carbonyl (C=O) groups excluding carboxylic acids is 2. The number of hydrogen-bond acceptors (Lipinski definition) is 12. The molecule has 2 amide bonds. The number of aromatic amines is 1. The standard InChI is InChI=1S/C19H28N5O14PS/c25-11-3-4-24(19(34)22-11)18-15(31)14(30)10(38-18)6-37-39(35,36)23-8(1-2-12(26)27)17(33)21-9(7-40)16(32)20-5-13(28)29/h3-4,8-10,14-15,18,30-31,40H,1-2,5-7H2,(H,20,32)(H,21,33)(H,26,27)(H,28,29)(H,22,25,34)(H2,23,35,36)/t8-,9-,10+,14+,15+,18+/m0/s1. The molecule has 2 rings (SSSR count). The van der Waals surface area contributed by atoms with E-state index in [0.717, 1.165) is 16.8 Å². The summed E-state index contributed by atoms with van der Waals surface area (Å²) >= 11 is 3.89. The number of thiol groups is 1. The maximum Gasteiger partial charge on any atom is 0.403 e. The largest absolute Gasteiger partial charge is 0.481 e. The van der Waals surface area contributed by atoms with Crippen LogP contribution in [0.4, 0.5) is 0 Å². The Balaban J connectivity index is 2.08. The molecule has 0 bridgehead atoms. The second kappa shape index (κ2) is 14.5. The van der Waals surface area contributed by atoms with E-state index in [1.54, 1.807) is 0 Å². The highest BCUT2D eigenvalue weighted by Crippen LogP contribution is 2.40. The summed E-state index contributed by atoms with van der Waals surface area (Å²) in [5.41, 5.74) is -1.70. The van der Waals surface area contributed by atoms with Crippen molar-refractivity contribution in [2.45, 2.75) is 49.5 Å². The van der Waals surface area contributed by atoms with Gasteiger partial charge in [-0.3, -0.25) is 38.0 Å². The Hall–Kier alpha value is -3.10. The number of rotatable bonds is 15. The molecule has 7 atom stereocenters. The van der Waals surface area contributed by atoms with Gasteiger partial charge in [0.25, 0.3) is 5.56 Å². The Morgan fingerprint density at radius 3 is 2.38 bits per heavy atom. The van der Waals surface area contributed by atoms with E-state index in [1.165, 1.54) is 0 Å². The topological polar surface area (TPSA) is 296 Å². The lowest BCUT2D eigenvalue weighted by Crippen LogP contribution is -2.53. The van der Waals surface area contributed by atoms with Crippen molar-refractivity contribution in [1.82, 2.24) is 25.3 Å². The Bertz CT molecular complexity index is 1260. The molecule has 9 N–H and O–H groups in total. The molecule has 0 aliphatic carbocycles. The highest BCUT2D eigenvalue weighted by molar-refractivity contribution is 7.80. The summed E-state index contributed by atoms with van der Waals surface area (Å²) in [4.78, 5) is 81.9. The second-order valence-electron chi connectivity index (χ2n) is 8.35. The minimum Gasteiger partial charge on any atom is -0.481 e. The van der Waals surface area contributed by atoms with Gasteiger partial charge in [0.1, 0.15) is 30.9 Å². The SMILES string of the molecule is O=C(O)CC[C@H](NP(=O)(O)OC[C@H]1O[C@@H](n2ccc(=O)[nH]c2=O)[C@H](O)[C@@H]1O)C(=O)N[C@@H](CS)C(=O)NCC(=O)O. The zero-order valence-electron chi connectivity index (χ0n) is 20.4. The Morgan fingerprint density at radius 2 is 1.80 bits per heavy atom. The smallest absolute Gasteiger partial charge is 0.403 e. The van der Waals surface area contributed by atoms with E-state index in [4.69, 9.17) is 19.5 Å². The van der Waals surface area contributed by atoms with Crippen LogP contribution in [0, 0.1) is 0 Å². The molecule has 1 unspecified atom stereocenters. The van der Waals surface area contributed by atoms with Gasteiger partial charge in [0.05, 0.1) is 12.6 Å². The summed E-state index contributed by atoms with van der Waals surface area (Å²) in [6, 6.07) is -2.15. The fourth-order valence-corrected chi connectivity index (χ4v) is 4.73. The van der Waals surface area contributed by atoms with Crippen molar-refractivity contribution in [2.24, 2.45) is 0 Å². The first kappa shape index (κ1) is 33.1. The predicted octanol–water partition coefficient (Wildman–Crippen LogP) is -4.29. The number of carbonyl (C=O) groups is 4. The first-order valence-corrected chi connectivity index (χ1v) is 13.6. The molecule has 0 radical (unpaired) electrons. The number of nitrogens with zero attached hydrogens (tertiary/aromatic N) is 1. The number of aliphatic carboxylic acids is 2. The van der Waals surface area contributed by atoms with Crippen LogP contribution in [0.3, 0.4) is 0 Å². The number of aromatic nitrogens is 2. The molecule has 40 heavy (non-hydrogen) atoms. The van der Waals surface area contributed by atoms with Crippen molar-refractivity contribution in [2.75, 3.05) is 18.9 Å². The zero-order valence-corrected chi connectivity index (χ0v) is 22.2. The number of nitrogens with one attached hydrogen (secondary N) is 4. The second-order valence-corrected chi connectivity index (χ2v) is 10.3. The Morgan fingerprint density at radius 1 is 1.12 bits per heavy atom. The van der Waals surface area contributed by atoms with Crippen LogP contribution < -0.4 is 27.0 Å². The normalized spacial score (nSPS) is 23.5. The molecule has 0 spiro atoms. The fraction of sp³-hybridized carbons (Fsp3) is 0.579. The maximum atomic E-state index is 12.7. The molecule has 2 heterocycles. The molecule has 0 saturated carbocycles. The third kappa shape index (κ3) is 9.52. The van der Waals surface area contributed by atoms with Crippen LogP contribution in [0.1, 0.15) is 19.1 Å². The summed E-state index contributed by atoms with van der Waals surface area (Å²) < 4.78 is 23.7. The minimum absolute atomic E-state index is 0.311. The highest BCUT2D eigenvalue weighted by atomic mass is 32.1. The average Bonchev–Trinajstić information content (AvgIpc) is 3.15. The lowest BCUT2D eigenvalue weighted by Gasteiger charge is -2.24. The number of carboxylic acids is 2. The van der Waals surface area contributed by atoms with Crippen molar-refractivity contribution >= 4 is 44.1 Å². The summed E-state index contributed by atoms with van der Waals surface area (Å²) in [5, 5.41) is 44.3. The van der Waals surface area contributed by atoms with Gasteiger partial charge in [-0.15, -0.1) is 0 Å². The molecule has 1 aliphatic rings. The van der Waals surface area contributed by atoms with Crippen molar-refractivity contribution in [1.29, 1.82) is 0 Å². The molecule has 0 aromatic carbocycles. The van der Waals surface area contributed by atoms with E-state index in [1.807, 2.05) is 15.4 Å². The molecule has 1 aliphatic heterocycles. The van der Waals surface area contributed by atoms with Crippen molar-refractivity contribution < 1.29 is 58.3 Å². The van der Waals surface area contributed by atoms with Crippen molar-refractivity contribution in [3.05, 3.63) is 33.1 Å². The van der Waals surface area contributed by atoms with Crippen molar-refractivity contribution in [3.63, 3.8) is 0 Å². The third-order valence-corrected chi connectivity index (χ3v) is 6.89. The Kier molecular flexibility index (Phi) is 12.0. The maximum absolute atomic E-state index is 12.7. The van der Waals surface area contributed by atoms with E-state index >= 15 is 0 Å². The minimum atomic E-state index is -4.96. The number of ether oxygens (including phenoxy) is 1. The molecule has 1 aromatic heterocycles. The van der Waals surface area contributed by atoms with Gasteiger partial charge in [-0.25, -0.2) is 14.4 Å². The summed E-state index contributed by atoms with van der Waals surface area (Å²) in [5.74, 6) is -5.09. The number of carboxylic acid groups (broad SMARTS) is 2. The van der Waals surface area contributed by atoms with Gasteiger partial charge in [0.15, 0.2) is 6.23 Å². The number of amides is 2. The lowest BCUT2D eigenvalue weighted by molar-refractivity contribution is -0.138. The van der Waals surface area contributed by atoms with Gasteiger partial charge in [0.2, 0.25) is 11.8 Å². The number of aliphatic hydroxyl groups excluding tert-OH is 2. The predicted molar refractivity (Wildman–Crippen MR) is 133 cm³/mol. The molecule has 1 saturated heterocycles. The molecule has 1 fully saturated rings. The van der Waals surface area contributed by atoms with E-state index in [9.17, 15) is 48.4 Å². The molecule has 1 aromatic rings. The van der Waals surface area contributed by atoms with Gasteiger partial charge in [-0.1, -0.05) is 0 Å². The van der Waals surface area contributed by atoms with Gasteiger partial charge in [-0.05, 0) is 6.42 Å². The number of hydrogen-bond donors (Lipinski definition) is 10. The summed E-state index contributed by atoms with van der Waals surface area (Å²) in [6.07, 6.45) is -6.64. The molecular weight excluding hydrogens is 585 g/mol. The van der Waals surface area contributed by atoms with E-state index < -0.39 is 105 Å². The van der Waals surface area contributed by atoms with E-state index in [0.29, 0.717) is 0 Å². The third-order valence-electron chi connectivity index (χ3n) is 5.39. The Labute approximate surface area is 229 Å². The first-order valence-electron chi connectivity index (χ1n) is 11.4. The lowest BCUT2D eigenvalue weighted by atomic mass is 10.1. The number of aliphatic hydroxyl groups is 2. The van der Waals surface area contributed by atoms with Crippen LogP contribution in [0.25, 0.3) is 0 Å². The monoisotopic (exact) mass is 613 g/mol. The van der Waals surface area contributed by atoms with Crippen LogP contribution in [0.15, 0.2) is 21.9 Å². The van der Waals surface area contributed by atoms with Crippen LogP contribution in [0.2, 0.25) is 0 Å². The van der Waals surface area contributed by atoms with Gasteiger partial charge >= 0.3 is 25.4 Å². The van der Waals surface area contributed by atoms with Gasteiger partial charge in [0, 0.05) is 24.4 Å². The van der Waals surface area contributed by atoms with E-state index in [2.05, 4.69) is 17.9 Å². The van der Waals surface area contributed by atoms with Crippen LogP contribution in [-0.2, 0) is 33.0 Å². The summed E-state index contributed by atoms with van der Waals surface area (Å²) in [6.45, 7) is -1.63. The fourth-order valence-electron chi connectivity index (χ4n) is 3.41. The van der Waals surface area contributed by atoms with Gasteiger partial charge < -0.3 is 40.7 Å². The molecule has 224 valence electrons.